The average molecular weight is 289 g/mol. The van der Waals surface area contributed by atoms with E-state index >= 15 is 0 Å². The number of hydrogen-bond donors (Lipinski definition) is 0. The van der Waals surface area contributed by atoms with Crippen LogP contribution in [-0.4, -0.2) is 4.57 Å². The minimum Gasteiger partial charge on any atom is -0.349 e. The summed E-state index contributed by atoms with van der Waals surface area (Å²) in [6.45, 7) is 0. The Kier molecular flexibility index (Phi) is 2.97. The fourth-order valence-corrected chi connectivity index (χ4v) is 3.81. The Hall–Kier alpha value is -2.19. The van der Waals surface area contributed by atoms with Gasteiger partial charge >= 0.3 is 0 Å². The lowest BCUT2D eigenvalue weighted by Crippen LogP contribution is -1.81. The van der Waals surface area contributed by atoms with Gasteiger partial charge in [-0.15, -0.1) is 0 Å². The van der Waals surface area contributed by atoms with Crippen LogP contribution in [0.2, 0.25) is 0 Å². The van der Waals surface area contributed by atoms with Crippen LogP contribution in [0.1, 0.15) is 0 Å². The zero-order chi connectivity index (χ0) is 14.2. The third-order valence-electron chi connectivity index (χ3n) is 3.81. The van der Waals surface area contributed by atoms with Crippen molar-refractivity contribution in [3.8, 4) is 0 Å². The molecule has 0 aliphatic carbocycles. The summed E-state index contributed by atoms with van der Waals surface area (Å²) in [5, 5.41) is 3.90. The van der Waals surface area contributed by atoms with E-state index in [1.165, 1.54) is 31.5 Å². The van der Waals surface area contributed by atoms with E-state index in [0.717, 1.165) is 0 Å². The first kappa shape index (κ1) is 12.5. The van der Waals surface area contributed by atoms with E-state index in [1.54, 1.807) is 0 Å². The summed E-state index contributed by atoms with van der Waals surface area (Å²) in [7, 11) is 2.10. The summed E-state index contributed by atoms with van der Waals surface area (Å²) in [6.07, 6.45) is 2.21. The van der Waals surface area contributed by atoms with Crippen LogP contribution >= 0.6 is 11.8 Å². The number of benzene rings is 3. The number of para-hydroxylation sites is 1. The molecule has 0 saturated heterocycles. The van der Waals surface area contributed by atoms with Gasteiger partial charge in [-0.3, -0.25) is 0 Å². The van der Waals surface area contributed by atoms with Crippen molar-refractivity contribution in [2.45, 2.75) is 9.79 Å². The molecule has 0 atom stereocenters. The number of rotatable bonds is 2. The van der Waals surface area contributed by atoms with Crippen LogP contribution in [0.3, 0.4) is 0 Å². The minimum atomic E-state index is 1.28. The Morgan fingerprint density at radius 3 is 2.48 bits per heavy atom. The maximum atomic E-state index is 2.27. The summed E-state index contributed by atoms with van der Waals surface area (Å²) in [5.41, 5.74) is 1.28. The molecule has 1 nitrogen and oxygen atoms in total. The lowest BCUT2D eigenvalue weighted by atomic mass is 10.1. The van der Waals surface area contributed by atoms with Crippen molar-refractivity contribution in [2.75, 3.05) is 0 Å². The van der Waals surface area contributed by atoms with Crippen molar-refractivity contribution < 1.29 is 0 Å². The highest BCUT2D eigenvalue weighted by atomic mass is 32.2. The van der Waals surface area contributed by atoms with E-state index in [4.69, 9.17) is 0 Å². The van der Waals surface area contributed by atoms with Crippen LogP contribution in [0, 0.1) is 0 Å². The van der Waals surface area contributed by atoms with Crippen LogP contribution in [0.15, 0.2) is 82.7 Å². The van der Waals surface area contributed by atoms with Gasteiger partial charge in [0.1, 0.15) is 0 Å². The fraction of sp³-hybridized carbons (Fsp3) is 0.0526. The normalized spacial score (nSPS) is 11.3. The number of aryl methyl sites for hydroxylation is 1. The summed E-state index contributed by atoms with van der Waals surface area (Å²) in [5.74, 6) is 0. The zero-order valence-electron chi connectivity index (χ0n) is 11.8. The van der Waals surface area contributed by atoms with E-state index in [2.05, 4.69) is 84.5 Å². The predicted octanol–water partition coefficient (Wildman–Crippen LogP) is 5.48. The summed E-state index contributed by atoms with van der Waals surface area (Å²) in [4.78, 5) is 2.59. The summed E-state index contributed by atoms with van der Waals surface area (Å²) in [6, 6.07) is 23.7. The molecular formula is C19H15NS. The highest BCUT2D eigenvalue weighted by molar-refractivity contribution is 7.99. The van der Waals surface area contributed by atoms with Gasteiger partial charge in [-0.25, -0.2) is 0 Å². The molecule has 0 bridgehead atoms. The van der Waals surface area contributed by atoms with Crippen LogP contribution in [0.25, 0.3) is 21.7 Å². The first-order valence-corrected chi connectivity index (χ1v) is 7.84. The van der Waals surface area contributed by atoms with Crippen LogP contribution in [-0.2, 0) is 7.05 Å². The predicted molar refractivity (Wildman–Crippen MR) is 91.0 cm³/mol. The third-order valence-corrected chi connectivity index (χ3v) is 4.84. The average Bonchev–Trinajstić information content (AvgIpc) is 2.84. The van der Waals surface area contributed by atoms with Gasteiger partial charge in [0.15, 0.2) is 0 Å². The van der Waals surface area contributed by atoms with Gasteiger partial charge in [0.25, 0.3) is 0 Å². The molecule has 0 N–H and O–H groups in total. The molecule has 21 heavy (non-hydrogen) atoms. The van der Waals surface area contributed by atoms with Crippen molar-refractivity contribution in [1.29, 1.82) is 0 Å². The highest BCUT2D eigenvalue weighted by Gasteiger charge is 2.07. The molecule has 0 fully saturated rings. The Morgan fingerprint density at radius 1 is 0.810 bits per heavy atom. The van der Waals surface area contributed by atoms with Gasteiger partial charge in [-0.1, -0.05) is 60.3 Å². The minimum absolute atomic E-state index is 1.28. The number of aromatic nitrogens is 1. The fourth-order valence-electron chi connectivity index (χ4n) is 2.74. The smallest absolute Gasteiger partial charge is 0.0489 e. The van der Waals surface area contributed by atoms with E-state index < -0.39 is 0 Å². The zero-order valence-corrected chi connectivity index (χ0v) is 12.6. The van der Waals surface area contributed by atoms with E-state index in [9.17, 15) is 0 Å². The van der Waals surface area contributed by atoms with Crippen LogP contribution in [0.4, 0.5) is 0 Å². The van der Waals surface area contributed by atoms with Crippen molar-refractivity contribution in [2.24, 2.45) is 7.05 Å². The Morgan fingerprint density at radius 2 is 1.57 bits per heavy atom. The second-order valence-corrected chi connectivity index (χ2v) is 6.35. The first-order chi connectivity index (χ1) is 10.3. The Bertz CT molecular complexity index is 937. The molecule has 0 aliphatic rings. The molecule has 3 aromatic carbocycles. The molecule has 0 unspecified atom stereocenters. The van der Waals surface area contributed by atoms with E-state index in [1.807, 2.05) is 11.8 Å². The maximum absolute atomic E-state index is 2.27. The standard InChI is InChI=1S/C19H15NS/c1-20-13-19(17-8-4-5-9-18(17)20)21-16-11-10-14-6-2-3-7-15(14)12-16/h2-13H,1H3. The molecule has 4 aromatic rings. The van der Waals surface area contributed by atoms with Crippen molar-refractivity contribution in [3.05, 3.63) is 72.9 Å². The first-order valence-electron chi connectivity index (χ1n) is 7.02. The largest absolute Gasteiger partial charge is 0.349 e. The Labute approximate surface area is 128 Å². The molecule has 1 heterocycles. The maximum Gasteiger partial charge on any atom is 0.0489 e. The van der Waals surface area contributed by atoms with Gasteiger partial charge in [0.05, 0.1) is 0 Å². The highest BCUT2D eigenvalue weighted by Crippen LogP contribution is 2.35. The van der Waals surface area contributed by atoms with Crippen LogP contribution < -0.4 is 0 Å². The number of nitrogens with zero attached hydrogens (tertiary/aromatic N) is 1. The molecule has 0 saturated carbocycles. The monoisotopic (exact) mass is 289 g/mol. The molecule has 102 valence electrons. The van der Waals surface area contributed by atoms with Gasteiger partial charge in [-0.2, -0.15) is 0 Å². The molecule has 2 heteroatoms. The SMILES string of the molecule is Cn1cc(Sc2ccc3ccccc3c2)c2ccccc21. The lowest BCUT2D eigenvalue weighted by molar-refractivity contribution is 0.957. The Balaban J connectivity index is 1.79. The topological polar surface area (TPSA) is 4.93 Å². The number of fused-ring (bicyclic) bond motifs is 2. The van der Waals surface area contributed by atoms with E-state index in [0.29, 0.717) is 0 Å². The summed E-state index contributed by atoms with van der Waals surface area (Å²) < 4.78 is 2.19. The molecule has 0 spiro atoms. The molecule has 0 amide bonds. The van der Waals surface area contributed by atoms with Crippen molar-refractivity contribution in [3.63, 3.8) is 0 Å². The van der Waals surface area contributed by atoms with Gasteiger partial charge in [-0.05, 0) is 29.0 Å². The van der Waals surface area contributed by atoms with Crippen molar-refractivity contribution >= 4 is 33.4 Å². The van der Waals surface area contributed by atoms with Gasteiger partial charge < -0.3 is 4.57 Å². The van der Waals surface area contributed by atoms with Crippen LogP contribution in [0.5, 0.6) is 0 Å². The number of hydrogen-bond acceptors (Lipinski definition) is 1. The quantitative estimate of drug-likeness (QED) is 0.473. The van der Waals surface area contributed by atoms with E-state index in [-0.39, 0.29) is 0 Å². The van der Waals surface area contributed by atoms with Gasteiger partial charge in [0.2, 0.25) is 0 Å². The van der Waals surface area contributed by atoms with Gasteiger partial charge in [0, 0.05) is 33.9 Å². The second-order valence-electron chi connectivity index (χ2n) is 5.23. The third kappa shape index (κ3) is 2.22. The molecule has 0 aliphatic heterocycles. The van der Waals surface area contributed by atoms with Crippen molar-refractivity contribution in [1.82, 2.24) is 4.57 Å². The molecule has 1 aromatic heterocycles. The molecule has 0 radical (unpaired) electrons. The second kappa shape index (κ2) is 4.97. The lowest BCUT2D eigenvalue weighted by Gasteiger charge is -2.03. The molecular weight excluding hydrogens is 274 g/mol. The molecule has 4 rings (SSSR count). The summed E-state index contributed by atoms with van der Waals surface area (Å²) >= 11 is 1.83.